The molecule has 0 bridgehead atoms. The van der Waals surface area contributed by atoms with E-state index in [9.17, 15) is 4.79 Å². The van der Waals surface area contributed by atoms with E-state index in [1.165, 1.54) is 0 Å². The first-order chi connectivity index (χ1) is 13.7. The summed E-state index contributed by atoms with van der Waals surface area (Å²) in [6.45, 7) is 1.03. The molecule has 146 valence electrons. The number of nitrogens with one attached hydrogen (secondary N) is 1. The van der Waals surface area contributed by atoms with Crippen molar-refractivity contribution in [3.8, 4) is 17.0 Å². The molecule has 0 aliphatic rings. The maximum atomic E-state index is 11.3. The highest BCUT2D eigenvalue weighted by Crippen LogP contribution is 2.23. The number of ether oxygens (including phenoxy) is 2. The molecule has 6 nitrogen and oxygen atoms in total. The van der Waals surface area contributed by atoms with Crippen LogP contribution in [0.15, 0.2) is 65.0 Å². The lowest BCUT2D eigenvalue weighted by molar-refractivity contribution is 0.145. The number of carbonyl (C=O) groups is 1. The number of aromatic nitrogens is 1. The molecule has 3 aromatic rings. The van der Waals surface area contributed by atoms with Crippen molar-refractivity contribution in [1.82, 2.24) is 9.88 Å². The Labute approximate surface area is 168 Å². The van der Waals surface area contributed by atoms with Crippen molar-refractivity contribution in [3.63, 3.8) is 0 Å². The molecule has 0 saturated heterocycles. The second-order valence-electron chi connectivity index (χ2n) is 5.97. The van der Waals surface area contributed by atoms with Crippen LogP contribution in [0, 0.1) is 0 Å². The number of hydrogen-bond acceptors (Lipinski definition) is 5. The molecule has 0 aliphatic carbocycles. The Hall–Kier alpha value is -3.06. The first kappa shape index (κ1) is 19.7. The number of hydrogen-bond donors (Lipinski definition) is 1. The minimum absolute atomic E-state index is 0.343. The lowest BCUT2D eigenvalue weighted by Crippen LogP contribution is -2.21. The topological polar surface area (TPSA) is 64.8 Å². The second kappa shape index (κ2) is 9.75. The Morgan fingerprint density at radius 1 is 1.14 bits per heavy atom. The maximum Gasteiger partial charge on any atom is 0.406 e. The van der Waals surface area contributed by atoms with E-state index in [0.29, 0.717) is 19.6 Å². The van der Waals surface area contributed by atoms with Crippen molar-refractivity contribution in [1.29, 1.82) is 0 Å². The number of carbonyl (C=O) groups excluding carboxylic acids is 1. The van der Waals surface area contributed by atoms with Gasteiger partial charge in [-0.25, -0.2) is 9.79 Å². The van der Waals surface area contributed by atoms with Gasteiger partial charge in [0.25, 0.3) is 0 Å². The van der Waals surface area contributed by atoms with Gasteiger partial charge in [-0.1, -0.05) is 18.2 Å². The van der Waals surface area contributed by atoms with E-state index >= 15 is 0 Å². The molecule has 3 rings (SSSR count). The standard InChI is InChI=1S/C21H23N3O3S/c1-22-21(25)27-14-6-13-24-19(16-9-11-18(26-2)12-10-16)15-28-20(24)23-17-7-4-3-5-8-17/h3-5,7-12,15H,6,13-14H2,1-2H3,(H,22,25). The van der Waals surface area contributed by atoms with Crippen molar-refractivity contribution in [2.75, 3.05) is 20.8 Å². The number of benzene rings is 2. The van der Waals surface area contributed by atoms with Gasteiger partial charge in [0, 0.05) is 19.0 Å². The fourth-order valence-electron chi connectivity index (χ4n) is 2.70. The Balaban J connectivity index is 1.90. The van der Waals surface area contributed by atoms with Crippen LogP contribution >= 0.6 is 11.3 Å². The summed E-state index contributed by atoms with van der Waals surface area (Å²) in [6, 6.07) is 17.8. The van der Waals surface area contributed by atoms with Crippen molar-refractivity contribution in [2.24, 2.45) is 4.99 Å². The third-order valence-corrected chi connectivity index (χ3v) is 4.99. The molecule has 28 heavy (non-hydrogen) atoms. The van der Waals surface area contributed by atoms with Crippen LogP contribution in [0.1, 0.15) is 6.42 Å². The fraction of sp³-hybridized carbons (Fsp3) is 0.238. The lowest BCUT2D eigenvalue weighted by atomic mass is 10.1. The van der Waals surface area contributed by atoms with Crippen LogP contribution in [0.5, 0.6) is 5.75 Å². The van der Waals surface area contributed by atoms with Gasteiger partial charge in [-0.15, -0.1) is 11.3 Å². The van der Waals surface area contributed by atoms with Crippen molar-refractivity contribution in [2.45, 2.75) is 13.0 Å². The molecule has 1 N–H and O–H groups in total. The average Bonchev–Trinajstić information content (AvgIpc) is 3.14. The van der Waals surface area contributed by atoms with Gasteiger partial charge in [-0.2, -0.15) is 0 Å². The molecule has 0 aliphatic heterocycles. The Morgan fingerprint density at radius 2 is 1.89 bits per heavy atom. The maximum absolute atomic E-state index is 11.3. The largest absolute Gasteiger partial charge is 0.497 e. The van der Waals surface area contributed by atoms with E-state index < -0.39 is 6.09 Å². The van der Waals surface area contributed by atoms with Crippen LogP contribution in [-0.4, -0.2) is 31.4 Å². The number of para-hydroxylation sites is 1. The zero-order chi connectivity index (χ0) is 19.8. The molecule has 0 fully saturated rings. The molecular weight excluding hydrogens is 374 g/mol. The van der Waals surface area contributed by atoms with E-state index in [4.69, 9.17) is 14.5 Å². The van der Waals surface area contributed by atoms with Gasteiger partial charge >= 0.3 is 6.09 Å². The van der Waals surface area contributed by atoms with Gasteiger partial charge in [-0.3, -0.25) is 0 Å². The molecule has 0 radical (unpaired) electrons. The third-order valence-electron chi connectivity index (χ3n) is 4.13. The number of thiazole rings is 1. The highest BCUT2D eigenvalue weighted by Gasteiger charge is 2.09. The Kier molecular flexibility index (Phi) is 6.86. The van der Waals surface area contributed by atoms with Crippen molar-refractivity contribution < 1.29 is 14.3 Å². The lowest BCUT2D eigenvalue weighted by Gasteiger charge is -2.10. The zero-order valence-electron chi connectivity index (χ0n) is 15.9. The predicted molar refractivity (Wildman–Crippen MR) is 111 cm³/mol. The van der Waals surface area contributed by atoms with E-state index in [2.05, 4.69) is 15.3 Å². The monoisotopic (exact) mass is 397 g/mol. The van der Waals surface area contributed by atoms with Gasteiger partial charge in [0.05, 0.1) is 25.1 Å². The molecule has 1 amide bonds. The summed E-state index contributed by atoms with van der Waals surface area (Å²) < 4.78 is 12.5. The van der Waals surface area contributed by atoms with Crippen LogP contribution in [0.3, 0.4) is 0 Å². The fourth-order valence-corrected chi connectivity index (χ4v) is 3.66. The Morgan fingerprint density at radius 3 is 2.57 bits per heavy atom. The number of alkyl carbamates (subject to hydrolysis) is 1. The van der Waals surface area contributed by atoms with Crippen molar-refractivity contribution in [3.05, 3.63) is 64.8 Å². The SMILES string of the molecule is CNC(=O)OCCCn1c(-c2ccc(OC)cc2)csc1=Nc1ccccc1. The highest BCUT2D eigenvalue weighted by molar-refractivity contribution is 7.07. The van der Waals surface area contributed by atoms with Gasteiger partial charge < -0.3 is 19.4 Å². The van der Waals surface area contributed by atoms with Crippen LogP contribution in [0.2, 0.25) is 0 Å². The normalized spacial score (nSPS) is 11.3. The smallest absolute Gasteiger partial charge is 0.406 e. The Bertz CT molecular complexity index is 963. The minimum Gasteiger partial charge on any atom is -0.497 e. The van der Waals surface area contributed by atoms with E-state index in [1.54, 1.807) is 25.5 Å². The molecule has 0 atom stereocenters. The first-order valence-electron chi connectivity index (χ1n) is 8.98. The summed E-state index contributed by atoms with van der Waals surface area (Å²) in [6.07, 6.45) is 0.273. The summed E-state index contributed by atoms with van der Waals surface area (Å²) in [7, 11) is 3.21. The van der Waals surface area contributed by atoms with Crippen LogP contribution in [0.25, 0.3) is 11.3 Å². The third kappa shape index (κ3) is 5.01. The van der Waals surface area contributed by atoms with Crippen LogP contribution < -0.4 is 14.9 Å². The number of amides is 1. The summed E-state index contributed by atoms with van der Waals surface area (Å²) in [4.78, 5) is 16.9. The van der Waals surface area contributed by atoms with Gasteiger partial charge in [0.1, 0.15) is 5.75 Å². The van der Waals surface area contributed by atoms with E-state index in [0.717, 1.165) is 27.5 Å². The summed E-state index contributed by atoms with van der Waals surface area (Å²) in [5.74, 6) is 0.818. The first-order valence-corrected chi connectivity index (χ1v) is 9.86. The second-order valence-corrected chi connectivity index (χ2v) is 6.81. The molecule has 0 spiro atoms. The van der Waals surface area contributed by atoms with Gasteiger partial charge in [0.2, 0.25) is 0 Å². The minimum atomic E-state index is -0.417. The molecule has 7 heteroatoms. The van der Waals surface area contributed by atoms with Crippen LogP contribution in [0.4, 0.5) is 10.5 Å². The number of methoxy groups -OCH3 is 1. The van der Waals surface area contributed by atoms with E-state index in [1.807, 2.05) is 54.6 Å². The van der Waals surface area contributed by atoms with Gasteiger partial charge in [-0.05, 0) is 48.4 Å². The molecule has 1 heterocycles. The highest BCUT2D eigenvalue weighted by atomic mass is 32.1. The van der Waals surface area contributed by atoms with Crippen molar-refractivity contribution >= 4 is 23.1 Å². The van der Waals surface area contributed by atoms with Crippen LogP contribution in [-0.2, 0) is 11.3 Å². The summed E-state index contributed by atoms with van der Waals surface area (Å²) >= 11 is 1.59. The van der Waals surface area contributed by atoms with Gasteiger partial charge in [0.15, 0.2) is 4.80 Å². The number of rotatable bonds is 7. The molecular formula is C21H23N3O3S. The predicted octanol–water partition coefficient (Wildman–Crippen LogP) is 4.20. The zero-order valence-corrected chi connectivity index (χ0v) is 16.7. The summed E-state index contributed by atoms with van der Waals surface area (Å²) in [5.41, 5.74) is 3.06. The van der Waals surface area contributed by atoms with E-state index in [-0.39, 0.29) is 0 Å². The average molecular weight is 398 g/mol. The number of nitrogens with zero attached hydrogens (tertiary/aromatic N) is 2. The quantitative estimate of drug-likeness (QED) is 0.608. The molecule has 0 saturated carbocycles. The molecule has 2 aromatic carbocycles. The molecule has 1 aromatic heterocycles. The molecule has 0 unspecified atom stereocenters. The summed E-state index contributed by atoms with van der Waals surface area (Å²) in [5, 5.41) is 4.55.